The van der Waals surface area contributed by atoms with Gasteiger partial charge in [-0.3, -0.25) is 4.99 Å². The third-order valence-corrected chi connectivity index (χ3v) is 2.50. The summed E-state index contributed by atoms with van der Waals surface area (Å²) in [4.78, 5) is 4.10. The molecule has 1 rings (SSSR count). The van der Waals surface area contributed by atoms with Gasteiger partial charge in [0.15, 0.2) is 5.96 Å². The van der Waals surface area contributed by atoms with Crippen molar-refractivity contribution in [3.8, 4) is 0 Å². The predicted octanol–water partition coefficient (Wildman–Crippen LogP) is 2.83. The van der Waals surface area contributed by atoms with Gasteiger partial charge in [-0.15, -0.1) is 24.0 Å². The van der Waals surface area contributed by atoms with Crippen molar-refractivity contribution in [1.82, 2.24) is 5.32 Å². The van der Waals surface area contributed by atoms with E-state index in [0.29, 0.717) is 31.0 Å². The second-order valence-electron chi connectivity index (χ2n) is 4.03. The van der Waals surface area contributed by atoms with Gasteiger partial charge >= 0.3 is 0 Å². The van der Waals surface area contributed by atoms with Gasteiger partial charge in [0.25, 0.3) is 0 Å². The van der Waals surface area contributed by atoms with Gasteiger partial charge in [0, 0.05) is 13.1 Å². The summed E-state index contributed by atoms with van der Waals surface area (Å²) in [5.74, 6) is -0.490. The van der Waals surface area contributed by atoms with E-state index in [1.807, 2.05) is 0 Å². The van der Waals surface area contributed by atoms with Gasteiger partial charge in [0.2, 0.25) is 0 Å². The third kappa shape index (κ3) is 7.29. The summed E-state index contributed by atoms with van der Waals surface area (Å²) in [6, 6.07) is 3.43. The highest BCUT2D eigenvalue weighted by Crippen LogP contribution is 2.09. The largest absolute Gasteiger partial charge is 0.370 e. The molecule has 0 saturated carbocycles. The molecule has 0 amide bonds. The maximum Gasteiger partial charge on any atom is 0.188 e. The number of aliphatic imine (C=N–C) groups is 1. The quantitative estimate of drug-likeness (QED) is 0.344. The molecule has 0 aliphatic rings. The van der Waals surface area contributed by atoms with E-state index >= 15 is 0 Å². The lowest BCUT2D eigenvalue weighted by molar-refractivity contribution is 0.583. The highest BCUT2D eigenvalue weighted by Gasteiger charge is 2.03. The van der Waals surface area contributed by atoms with Crippen LogP contribution in [0.1, 0.15) is 25.3 Å². The number of benzene rings is 1. The van der Waals surface area contributed by atoms with E-state index < -0.39 is 11.6 Å². The molecule has 19 heavy (non-hydrogen) atoms. The number of nitrogens with two attached hydrogens (primary N) is 1. The Kier molecular flexibility index (Phi) is 9.46. The summed E-state index contributed by atoms with van der Waals surface area (Å²) >= 11 is 0. The number of unbranched alkanes of at least 4 members (excludes halogenated alkanes) is 1. The third-order valence-electron chi connectivity index (χ3n) is 2.50. The number of nitrogens with one attached hydrogen (secondary N) is 1. The summed E-state index contributed by atoms with van der Waals surface area (Å²) < 4.78 is 26.2. The Morgan fingerprint density at radius 2 is 2.11 bits per heavy atom. The lowest BCUT2D eigenvalue weighted by atomic mass is 10.1. The van der Waals surface area contributed by atoms with Gasteiger partial charge in [-0.05, 0) is 36.6 Å². The van der Waals surface area contributed by atoms with E-state index in [-0.39, 0.29) is 24.0 Å². The number of hydrogen-bond donors (Lipinski definition) is 2. The molecule has 0 heterocycles. The van der Waals surface area contributed by atoms with Crippen LogP contribution in [0.5, 0.6) is 0 Å². The lowest BCUT2D eigenvalue weighted by Crippen LogP contribution is -2.33. The van der Waals surface area contributed by atoms with Crippen LogP contribution in [0.15, 0.2) is 23.2 Å². The fourth-order valence-corrected chi connectivity index (χ4v) is 1.47. The molecule has 3 nitrogen and oxygen atoms in total. The normalized spacial score (nSPS) is 11.0. The van der Waals surface area contributed by atoms with Crippen molar-refractivity contribution in [3.63, 3.8) is 0 Å². The fourth-order valence-electron chi connectivity index (χ4n) is 1.47. The second kappa shape index (κ2) is 9.94. The molecule has 1 aromatic carbocycles. The molecule has 0 saturated heterocycles. The highest BCUT2D eigenvalue weighted by atomic mass is 127. The molecule has 0 aromatic heterocycles. The molecule has 108 valence electrons. The number of hydrogen-bond acceptors (Lipinski definition) is 1. The average molecular weight is 383 g/mol. The molecule has 6 heteroatoms. The van der Waals surface area contributed by atoms with Crippen LogP contribution in [-0.2, 0) is 6.42 Å². The second-order valence-corrected chi connectivity index (χ2v) is 4.03. The van der Waals surface area contributed by atoms with Crippen molar-refractivity contribution >= 4 is 29.9 Å². The Balaban J connectivity index is 0.00000324. The Morgan fingerprint density at radius 1 is 1.37 bits per heavy atom. The summed E-state index contributed by atoms with van der Waals surface area (Å²) in [6.45, 7) is 3.19. The maximum atomic E-state index is 13.3. The van der Waals surface area contributed by atoms with Crippen molar-refractivity contribution in [1.29, 1.82) is 0 Å². The van der Waals surface area contributed by atoms with Gasteiger partial charge < -0.3 is 11.1 Å². The smallest absolute Gasteiger partial charge is 0.188 e. The van der Waals surface area contributed by atoms with Crippen molar-refractivity contribution in [2.45, 2.75) is 26.2 Å². The first-order valence-electron chi connectivity index (χ1n) is 6.11. The first-order chi connectivity index (χ1) is 8.63. The summed E-state index contributed by atoms with van der Waals surface area (Å²) in [6.07, 6.45) is 2.42. The molecule has 0 fully saturated rings. The molecule has 0 aliphatic carbocycles. The van der Waals surface area contributed by atoms with Crippen LogP contribution in [0, 0.1) is 11.6 Å². The van der Waals surface area contributed by atoms with E-state index in [1.165, 1.54) is 6.07 Å². The van der Waals surface area contributed by atoms with Crippen LogP contribution in [-0.4, -0.2) is 19.0 Å². The molecule has 0 radical (unpaired) electrons. The minimum absolute atomic E-state index is 0. The van der Waals surface area contributed by atoms with Crippen LogP contribution in [0.2, 0.25) is 0 Å². The molecule has 0 spiro atoms. The van der Waals surface area contributed by atoms with Crippen molar-refractivity contribution in [2.75, 3.05) is 13.1 Å². The molecular weight excluding hydrogens is 363 g/mol. The first kappa shape index (κ1) is 18.1. The van der Waals surface area contributed by atoms with Gasteiger partial charge in [0.05, 0.1) is 0 Å². The van der Waals surface area contributed by atoms with E-state index in [4.69, 9.17) is 5.73 Å². The SMILES string of the molecule is CCCCN=C(N)NCCc1cc(F)ccc1F.I. The Labute approximate surface area is 129 Å². The molecule has 3 N–H and O–H groups in total. The lowest BCUT2D eigenvalue weighted by Gasteiger charge is -2.06. The molecule has 1 aromatic rings. The zero-order valence-corrected chi connectivity index (χ0v) is 13.3. The summed E-state index contributed by atoms with van der Waals surface area (Å²) in [5.41, 5.74) is 5.95. The molecular formula is C13H20F2IN3. The Hall–Kier alpha value is -0.920. The average Bonchev–Trinajstić information content (AvgIpc) is 2.34. The molecule has 0 aliphatic heterocycles. The topological polar surface area (TPSA) is 50.4 Å². The number of rotatable bonds is 6. The van der Waals surface area contributed by atoms with Gasteiger partial charge in [-0.25, -0.2) is 8.78 Å². The minimum Gasteiger partial charge on any atom is -0.370 e. The van der Waals surface area contributed by atoms with Crippen LogP contribution in [0.4, 0.5) is 8.78 Å². The van der Waals surface area contributed by atoms with Crippen LogP contribution in [0.25, 0.3) is 0 Å². The monoisotopic (exact) mass is 383 g/mol. The molecule has 0 bridgehead atoms. The zero-order chi connectivity index (χ0) is 13.4. The Morgan fingerprint density at radius 3 is 2.79 bits per heavy atom. The standard InChI is InChI=1S/C13H19F2N3.HI/c1-2-3-7-17-13(16)18-8-6-10-9-11(14)4-5-12(10)15;/h4-5,9H,2-3,6-8H2,1H3,(H3,16,17,18);1H. The van der Waals surface area contributed by atoms with Gasteiger partial charge in [-0.2, -0.15) is 0 Å². The van der Waals surface area contributed by atoms with Crippen molar-refractivity contribution in [3.05, 3.63) is 35.4 Å². The zero-order valence-electron chi connectivity index (χ0n) is 11.0. The fraction of sp³-hybridized carbons (Fsp3) is 0.462. The number of nitrogens with zero attached hydrogens (tertiary/aromatic N) is 1. The van der Waals surface area contributed by atoms with Crippen LogP contribution in [0.3, 0.4) is 0 Å². The van der Waals surface area contributed by atoms with E-state index in [1.54, 1.807) is 0 Å². The number of halogens is 3. The predicted molar refractivity (Wildman–Crippen MR) is 84.9 cm³/mol. The molecule has 0 unspecified atom stereocenters. The van der Waals surface area contributed by atoms with Gasteiger partial charge in [-0.1, -0.05) is 13.3 Å². The van der Waals surface area contributed by atoms with E-state index in [9.17, 15) is 8.78 Å². The molecule has 0 atom stereocenters. The van der Waals surface area contributed by atoms with Gasteiger partial charge in [0.1, 0.15) is 11.6 Å². The highest BCUT2D eigenvalue weighted by molar-refractivity contribution is 14.0. The van der Waals surface area contributed by atoms with Crippen molar-refractivity contribution in [2.24, 2.45) is 10.7 Å². The maximum absolute atomic E-state index is 13.3. The summed E-state index contributed by atoms with van der Waals surface area (Å²) in [5, 5.41) is 2.88. The minimum atomic E-state index is -0.434. The number of guanidine groups is 1. The van der Waals surface area contributed by atoms with Crippen LogP contribution >= 0.6 is 24.0 Å². The van der Waals surface area contributed by atoms with E-state index in [0.717, 1.165) is 25.0 Å². The van der Waals surface area contributed by atoms with Crippen molar-refractivity contribution < 1.29 is 8.78 Å². The van der Waals surface area contributed by atoms with E-state index in [2.05, 4.69) is 17.2 Å². The Bertz CT molecular complexity index is 411. The summed E-state index contributed by atoms with van der Waals surface area (Å²) in [7, 11) is 0. The van der Waals surface area contributed by atoms with Crippen LogP contribution < -0.4 is 11.1 Å². The first-order valence-corrected chi connectivity index (χ1v) is 6.11.